The molecular weight excluding hydrogens is 370 g/mol. The van der Waals surface area contributed by atoms with E-state index in [2.05, 4.69) is 15.4 Å². The SMILES string of the molecule is O=C(NCC1CCCNC1)c1ccc(S(=O)(=O)NCc2cccs2)cc1. The van der Waals surface area contributed by atoms with E-state index in [-0.39, 0.29) is 17.3 Å². The number of rotatable bonds is 7. The number of amides is 1. The lowest BCUT2D eigenvalue weighted by atomic mass is 10.00. The van der Waals surface area contributed by atoms with Crippen molar-refractivity contribution in [3.8, 4) is 0 Å². The topological polar surface area (TPSA) is 87.3 Å². The Morgan fingerprint density at radius 3 is 2.69 bits per heavy atom. The molecule has 1 fully saturated rings. The van der Waals surface area contributed by atoms with Gasteiger partial charge in [-0.3, -0.25) is 4.79 Å². The summed E-state index contributed by atoms with van der Waals surface area (Å²) in [5.41, 5.74) is 0.464. The quantitative estimate of drug-likeness (QED) is 0.671. The first-order valence-electron chi connectivity index (χ1n) is 8.65. The molecule has 2 heterocycles. The largest absolute Gasteiger partial charge is 0.352 e. The summed E-state index contributed by atoms with van der Waals surface area (Å²) in [7, 11) is -3.59. The fourth-order valence-electron chi connectivity index (χ4n) is 2.89. The summed E-state index contributed by atoms with van der Waals surface area (Å²) in [5.74, 6) is 0.278. The number of piperidine rings is 1. The van der Waals surface area contributed by atoms with Crippen molar-refractivity contribution >= 4 is 27.3 Å². The van der Waals surface area contributed by atoms with E-state index in [1.807, 2.05) is 17.5 Å². The minimum absolute atomic E-state index is 0.155. The summed E-state index contributed by atoms with van der Waals surface area (Å²) < 4.78 is 27.2. The number of carbonyl (C=O) groups excluding carboxylic acids is 1. The molecule has 1 aliphatic rings. The van der Waals surface area contributed by atoms with Crippen LogP contribution in [0.1, 0.15) is 28.1 Å². The van der Waals surface area contributed by atoms with Crippen molar-refractivity contribution in [2.45, 2.75) is 24.3 Å². The minimum Gasteiger partial charge on any atom is -0.352 e. The van der Waals surface area contributed by atoms with Gasteiger partial charge in [-0.25, -0.2) is 13.1 Å². The van der Waals surface area contributed by atoms with Crippen molar-refractivity contribution in [3.63, 3.8) is 0 Å². The maximum atomic E-state index is 12.3. The third-order valence-electron chi connectivity index (χ3n) is 4.39. The number of carbonyl (C=O) groups is 1. The van der Waals surface area contributed by atoms with Crippen LogP contribution in [0.2, 0.25) is 0 Å². The molecule has 0 radical (unpaired) electrons. The molecule has 3 rings (SSSR count). The molecule has 1 aromatic carbocycles. The normalized spacial score (nSPS) is 17.8. The zero-order chi connectivity index (χ0) is 18.4. The minimum atomic E-state index is -3.59. The second-order valence-electron chi connectivity index (χ2n) is 6.35. The predicted molar refractivity (Wildman–Crippen MR) is 103 cm³/mol. The molecule has 1 atom stereocenters. The van der Waals surface area contributed by atoms with E-state index in [0.29, 0.717) is 18.0 Å². The second-order valence-corrected chi connectivity index (χ2v) is 9.15. The van der Waals surface area contributed by atoms with Gasteiger partial charge in [0, 0.05) is 23.5 Å². The first-order chi connectivity index (χ1) is 12.5. The Kier molecular flexibility index (Phi) is 6.42. The molecule has 1 amide bonds. The molecule has 1 saturated heterocycles. The molecule has 0 saturated carbocycles. The Hall–Kier alpha value is -1.74. The first-order valence-corrected chi connectivity index (χ1v) is 11.0. The molecule has 8 heteroatoms. The summed E-state index contributed by atoms with van der Waals surface area (Å²) in [6, 6.07) is 9.79. The van der Waals surface area contributed by atoms with Crippen LogP contribution in [0.3, 0.4) is 0 Å². The van der Waals surface area contributed by atoms with E-state index in [1.165, 1.54) is 23.5 Å². The standard InChI is InChI=1S/C18H23N3O3S2/c22-18(20-12-14-3-1-9-19-11-14)15-5-7-17(8-6-15)26(23,24)21-13-16-4-2-10-25-16/h2,4-8,10,14,19,21H,1,3,9,11-13H2,(H,20,22). The summed E-state index contributed by atoms with van der Waals surface area (Å²) in [6.07, 6.45) is 2.24. The highest BCUT2D eigenvalue weighted by Gasteiger charge is 2.17. The Morgan fingerprint density at radius 2 is 2.04 bits per heavy atom. The molecule has 0 spiro atoms. The van der Waals surface area contributed by atoms with Crippen LogP contribution in [-0.4, -0.2) is 34.0 Å². The molecule has 1 unspecified atom stereocenters. The lowest BCUT2D eigenvalue weighted by Gasteiger charge is -2.22. The maximum absolute atomic E-state index is 12.3. The number of benzene rings is 1. The maximum Gasteiger partial charge on any atom is 0.251 e. The first kappa shape index (κ1) is 19.0. The molecule has 0 bridgehead atoms. The highest BCUT2D eigenvalue weighted by molar-refractivity contribution is 7.89. The number of sulfonamides is 1. The van der Waals surface area contributed by atoms with E-state index < -0.39 is 10.0 Å². The van der Waals surface area contributed by atoms with Crippen molar-refractivity contribution in [1.29, 1.82) is 0 Å². The van der Waals surface area contributed by atoms with Gasteiger partial charge in [0.05, 0.1) is 4.90 Å². The van der Waals surface area contributed by atoms with E-state index in [0.717, 1.165) is 30.8 Å². The van der Waals surface area contributed by atoms with Crippen LogP contribution in [0.4, 0.5) is 0 Å². The van der Waals surface area contributed by atoms with Gasteiger partial charge in [0.2, 0.25) is 10.0 Å². The lowest BCUT2D eigenvalue weighted by molar-refractivity contribution is 0.0944. The molecule has 6 nitrogen and oxygen atoms in total. The fourth-order valence-corrected chi connectivity index (χ4v) is 4.63. The van der Waals surface area contributed by atoms with Gasteiger partial charge in [0.15, 0.2) is 0 Å². The van der Waals surface area contributed by atoms with Crippen LogP contribution in [-0.2, 0) is 16.6 Å². The highest BCUT2D eigenvalue weighted by atomic mass is 32.2. The van der Waals surface area contributed by atoms with E-state index >= 15 is 0 Å². The van der Waals surface area contributed by atoms with E-state index in [4.69, 9.17) is 0 Å². The van der Waals surface area contributed by atoms with E-state index in [9.17, 15) is 13.2 Å². The summed E-state index contributed by atoms with van der Waals surface area (Å²) >= 11 is 1.50. The number of hydrogen-bond acceptors (Lipinski definition) is 5. The third-order valence-corrected chi connectivity index (χ3v) is 6.69. The predicted octanol–water partition coefficient (Wildman–Crippen LogP) is 1.96. The molecule has 1 aliphatic heterocycles. The van der Waals surface area contributed by atoms with Crippen LogP contribution < -0.4 is 15.4 Å². The monoisotopic (exact) mass is 393 g/mol. The third kappa shape index (κ3) is 5.14. The van der Waals surface area contributed by atoms with Crippen molar-refractivity contribution in [2.75, 3.05) is 19.6 Å². The van der Waals surface area contributed by atoms with Crippen LogP contribution in [0.5, 0.6) is 0 Å². The number of thiophene rings is 1. The molecule has 2 aromatic rings. The van der Waals surface area contributed by atoms with Crippen LogP contribution >= 0.6 is 11.3 Å². The second kappa shape index (κ2) is 8.77. The van der Waals surface area contributed by atoms with Gasteiger partial charge >= 0.3 is 0 Å². The number of nitrogens with one attached hydrogen (secondary N) is 3. The van der Waals surface area contributed by atoms with Gasteiger partial charge in [0.25, 0.3) is 5.91 Å². The zero-order valence-corrected chi connectivity index (χ0v) is 16.0. The van der Waals surface area contributed by atoms with Crippen LogP contribution in [0.15, 0.2) is 46.7 Å². The number of hydrogen-bond donors (Lipinski definition) is 3. The molecule has 140 valence electrons. The van der Waals surface area contributed by atoms with Gasteiger partial charge in [-0.2, -0.15) is 0 Å². The lowest BCUT2D eigenvalue weighted by Crippen LogP contribution is -2.38. The van der Waals surface area contributed by atoms with Crippen molar-refractivity contribution < 1.29 is 13.2 Å². The van der Waals surface area contributed by atoms with Crippen molar-refractivity contribution in [3.05, 3.63) is 52.2 Å². The average molecular weight is 394 g/mol. The highest BCUT2D eigenvalue weighted by Crippen LogP contribution is 2.14. The summed E-state index contributed by atoms with van der Waals surface area (Å²) in [5, 5.41) is 8.15. The van der Waals surface area contributed by atoms with Crippen LogP contribution in [0.25, 0.3) is 0 Å². The van der Waals surface area contributed by atoms with Gasteiger partial charge in [-0.05, 0) is 67.6 Å². The Labute approximate surface area is 158 Å². The summed E-state index contributed by atoms with van der Waals surface area (Å²) in [6.45, 7) is 2.86. The van der Waals surface area contributed by atoms with Crippen LogP contribution in [0, 0.1) is 5.92 Å². The Morgan fingerprint density at radius 1 is 1.23 bits per heavy atom. The molecular formula is C18H23N3O3S2. The zero-order valence-electron chi connectivity index (χ0n) is 14.4. The molecule has 3 N–H and O–H groups in total. The fraction of sp³-hybridized carbons (Fsp3) is 0.389. The van der Waals surface area contributed by atoms with Gasteiger partial charge in [0.1, 0.15) is 0 Å². The van der Waals surface area contributed by atoms with Gasteiger partial charge in [-0.15, -0.1) is 11.3 Å². The Balaban J connectivity index is 1.55. The van der Waals surface area contributed by atoms with Gasteiger partial charge in [-0.1, -0.05) is 6.07 Å². The average Bonchev–Trinajstić information content (AvgIpc) is 3.19. The van der Waals surface area contributed by atoms with Gasteiger partial charge < -0.3 is 10.6 Å². The van der Waals surface area contributed by atoms with Crippen molar-refractivity contribution in [2.24, 2.45) is 5.92 Å². The molecule has 26 heavy (non-hydrogen) atoms. The molecule has 1 aromatic heterocycles. The van der Waals surface area contributed by atoms with E-state index in [1.54, 1.807) is 12.1 Å². The van der Waals surface area contributed by atoms with Crippen molar-refractivity contribution in [1.82, 2.24) is 15.4 Å². The Bertz CT molecular complexity index is 812. The smallest absolute Gasteiger partial charge is 0.251 e. The molecule has 0 aliphatic carbocycles. The summed E-state index contributed by atoms with van der Waals surface area (Å²) in [4.78, 5) is 13.3.